The molecule has 3 aliphatic rings. The summed E-state index contributed by atoms with van der Waals surface area (Å²) in [7, 11) is 2.42. The predicted molar refractivity (Wildman–Crippen MR) is 250 cm³/mol. The second kappa shape index (κ2) is 15.0. The van der Waals surface area contributed by atoms with Gasteiger partial charge in [-0.15, -0.1) is 0 Å². The molecule has 2 aliphatic carbocycles. The van der Waals surface area contributed by atoms with Gasteiger partial charge in [-0.25, -0.2) is 0 Å². The first kappa shape index (κ1) is 39.3. The summed E-state index contributed by atoms with van der Waals surface area (Å²) in [6.07, 6.45) is 12.5. The van der Waals surface area contributed by atoms with E-state index in [-0.39, 0.29) is 16.2 Å². The molecule has 2 heteroatoms. The number of hydrogen-bond acceptors (Lipinski definition) is 1. The van der Waals surface area contributed by atoms with Gasteiger partial charge in [-0.05, 0) is 142 Å². The zero-order chi connectivity index (χ0) is 40.3. The first-order valence-corrected chi connectivity index (χ1v) is 22.0. The Morgan fingerprint density at radius 3 is 2.02 bits per heavy atom. The zero-order valence-corrected chi connectivity index (χ0v) is 36.6. The molecule has 2 bridgehead atoms. The van der Waals surface area contributed by atoms with Crippen LogP contribution < -0.4 is 10.4 Å². The van der Waals surface area contributed by atoms with Crippen LogP contribution >= 0.6 is 0 Å². The molecule has 0 unspecified atom stereocenters. The van der Waals surface area contributed by atoms with Crippen molar-refractivity contribution in [1.29, 1.82) is 0 Å². The molecular weight excluding hydrogens is 685 g/mol. The number of fused-ring (bicyclic) bond motifs is 5. The van der Waals surface area contributed by atoms with E-state index in [4.69, 9.17) is 0 Å². The normalized spacial score (nSPS) is 18.2. The zero-order valence-electron chi connectivity index (χ0n) is 36.6. The average Bonchev–Trinajstić information content (AvgIpc) is 3.41. The molecule has 0 aromatic heterocycles. The van der Waals surface area contributed by atoms with Crippen LogP contribution in [0.5, 0.6) is 0 Å². The van der Waals surface area contributed by atoms with Crippen LogP contribution in [0.25, 0.3) is 22.4 Å². The quantitative estimate of drug-likeness (QED) is 0.136. The predicted octanol–water partition coefficient (Wildman–Crippen LogP) is 13.6. The lowest BCUT2D eigenvalue weighted by molar-refractivity contribution is 0.331. The Morgan fingerprint density at radius 1 is 0.684 bits per heavy atom. The number of aryl methyl sites for hydroxylation is 2. The van der Waals surface area contributed by atoms with Crippen molar-refractivity contribution in [3.8, 4) is 11.1 Å². The number of nitrogens with zero attached hydrogens (tertiary/aromatic N) is 1. The van der Waals surface area contributed by atoms with Gasteiger partial charge >= 0.3 is 0 Å². The molecule has 5 aromatic carbocycles. The van der Waals surface area contributed by atoms with Gasteiger partial charge in [0, 0.05) is 22.2 Å². The van der Waals surface area contributed by atoms with Gasteiger partial charge in [-0.3, -0.25) is 0 Å². The third kappa shape index (κ3) is 6.86. The first-order chi connectivity index (χ1) is 27.3. The number of unbranched alkanes of at least 4 members (excludes halogenated alkanes) is 2. The number of rotatable bonds is 9. The Bertz CT molecular complexity index is 2390. The van der Waals surface area contributed by atoms with E-state index in [1.54, 1.807) is 11.1 Å². The Kier molecular flexibility index (Phi) is 10.3. The van der Waals surface area contributed by atoms with Crippen LogP contribution in [-0.2, 0) is 29.1 Å². The van der Waals surface area contributed by atoms with Crippen molar-refractivity contribution in [1.82, 2.24) is 0 Å². The molecule has 1 nitrogen and oxygen atoms in total. The van der Waals surface area contributed by atoms with Crippen molar-refractivity contribution in [3.05, 3.63) is 159 Å². The lowest BCUT2D eigenvalue weighted by atomic mass is 9.62. The molecule has 0 spiro atoms. The topological polar surface area (TPSA) is 3.24 Å². The fraction of sp³-hybridized carbons (Fsp3) is 0.382. The molecule has 1 heterocycles. The molecule has 0 atom stereocenters. The van der Waals surface area contributed by atoms with E-state index < -0.39 is 0 Å². The van der Waals surface area contributed by atoms with E-state index in [9.17, 15) is 0 Å². The first-order valence-electron chi connectivity index (χ1n) is 22.0. The minimum Gasteiger partial charge on any atom is -0.310 e. The van der Waals surface area contributed by atoms with Crippen molar-refractivity contribution in [2.75, 3.05) is 4.90 Å². The summed E-state index contributed by atoms with van der Waals surface area (Å²) in [5, 5.41) is 0. The van der Waals surface area contributed by atoms with E-state index in [2.05, 4.69) is 178 Å². The van der Waals surface area contributed by atoms with E-state index in [1.807, 2.05) is 0 Å². The van der Waals surface area contributed by atoms with Crippen LogP contribution in [0, 0.1) is 6.92 Å². The molecule has 0 amide bonds. The average molecular weight is 750 g/mol. The highest BCUT2D eigenvalue weighted by Crippen LogP contribution is 2.58. The lowest BCUT2D eigenvalue weighted by Crippen LogP contribution is -2.34. The molecule has 1 aliphatic heterocycles. The summed E-state index contributed by atoms with van der Waals surface area (Å²) in [5.41, 5.74) is 24.1. The van der Waals surface area contributed by atoms with Gasteiger partial charge in [-0.2, -0.15) is 0 Å². The standard InChI is InChI=1S/C55H64BN/c1-10-12-20-38-26-27-49(42(32-38)39-24-18-15-19-25-39)57-51-44-34-46-47(54(6,7)29-28-53(46,4)5)35-45(44)55(8,9)48(51)33-40(23-13-11-2)43-30-36(3)41(52(57)50(43)56)31-37-21-16-14-17-22-37/h14-19,21-27,30,32,34-35H,10-13,20,28-29,31,33,56H2,1-9H3/b40-23+. The SMILES string of the molecule is Bc1c2cc(C)c(Cc3ccccc3)c1N(c1ccc(CCCC)cc1-c1ccccc1)C1=C(C/C2=C\CCC)C(C)(C)c2cc3c(cc21)C(C)(C)CCC3(C)C. The van der Waals surface area contributed by atoms with Gasteiger partial charge in [0.15, 0.2) is 0 Å². The smallest absolute Gasteiger partial charge is 0.142 e. The highest BCUT2D eigenvalue weighted by Gasteiger charge is 2.46. The van der Waals surface area contributed by atoms with Crippen LogP contribution in [0.2, 0.25) is 0 Å². The van der Waals surface area contributed by atoms with Crippen molar-refractivity contribution in [3.63, 3.8) is 0 Å². The van der Waals surface area contributed by atoms with Gasteiger partial charge in [0.1, 0.15) is 7.85 Å². The summed E-state index contributed by atoms with van der Waals surface area (Å²) in [5.74, 6) is 0. The van der Waals surface area contributed by atoms with Crippen LogP contribution in [0.15, 0.2) is 109 Å². The van der Waals surface area contributed by atoms with Crippen LogP contribution in [0.3, 0.4) is 0 Å². The van der Waals surface area contributed by atoms with Gasteiger partial charge < -0.3 is 4.90 Å². The molecule has 0 saturated carbocycles. The minimum absolute atomic E-state index is 0.104. The maximum Gasteiger partial charge on any atom is 0.142 e. The third-order valence-electron chi connectivity index (χ3n) is 14.1. The molecule has 8 rings (SSSR count). The van der Waals surface area contributed by atoms with Gasteiger partial charge in [0.05, 0.1) is 11.4 Å². The third-order valence-corrected chi connectivity index (χ3v) is 14.1. The molecule has 0 radical (unpaired) electrons. The largest absolute Gasteiger partial charge is 0.310 e. The number of benzene rings is 5. The maximum absolute atomic E-state index is 2.79. The van der Waals surface area contributed by atoms with E-state index in [0.29, 0.717) is 0 Å². The summed E-state index contributed by atoms with van der Waals surface area (Å²) in [4.78, 5) is 2.79. The highest BCUT2D eigenvalue weighted by molar-refractivity contribution is 6.39. The lowest BCUT2D eigenvalue weighted by Gasteiger charge is -2.43. The maximum atomic E-state index is 2.79. The van der Waals surface area contributed by atoms with Crippen LogP contribution in [0.4, 0.5) is 11.4 Å². The number of allylic oxidation sites excluding steroid dienone is 3. The number of anilines is 2. The van der Waals surface area contributed by atoms with Gasteiger partial charge in [0.2, 0.25) is 0 Å². The Labute approximate surface area is 345 Å². The summed E-state index contributed by atoms with van der Waals surface area (Å²) >= 11 is 0. The minimum atomic E-state index is -0.159. The summed E-state index contributed by atoms with van der Waals surface area (Å²) < 4.78 is 0. The van der Waals surface area contributed by atoms with Gasteiger partial charge in [-0.1, -0.05) is 159 Å². The number of hydrogen-bond donors (Lipinski definition) is 0. The monoisotopic (exact) mass is 750 g/mol. The molecule has 0 fully saturated rings. The fourth-order valence-corrected chi connectivity index (χ4v) is 10.4. The second-order valence-electron chi connectivity index (χ2n) is 19.4. The Hall–Kier alpha value is -4.56. The Morgan fingerprint density at radius 2 is 1.35 bits per heavy atom. The molecule has 5 aromatic rings. The Balaban J connectivity index is 1.53. The van der Waals surface area contributed by atoms with Crippen molar-refractivity contribution in [2.45, 2.75) is 136 Å². The molecule has 57 heavy (non-hydrogen) atoms. The molecule has 0 N–H and O–H groups in total. The molecular formula is C55H64BN. The van der Waals surface area contributed by atoms with Crippen LogP contribution in [-0.4, -0.2) is 7.85 Å². The van der Waals surface area contributed by atoms with Crippen LogP contribution in [0.1, 0.15) is 150 Å². The summed E-state index contributed by atoms with van der Waals surface area (Å²) in [6.45, 7) is 22.0. The van der Waals surface area contributed by atoms with Crippen molar-refractivity contribution in [2.24, 2.45) is 0 Å². The van der Waals surface area contributed by atoms with E-state index >= 15 is 0 Å². The van der Waals surface area contributed by atoms with E-state index in [1.165, 1.54) is 109 Å². The summed E-state index contributed by atoms with van der Waals surface area (Å²) in [6, 6.07) is 37.7. The second-order valence-corrected chi connectivity index (χ2v) is 19.4. The van der Waals surface area contributed by atoms with Crippen molar-refractivity contribution >= 4 is 36.0 Å². The molecule has 292 valence electrons. The highest BCUT2D eigenvalue weighted by atomic mass is 15.2. The van der Waals surface area contributed by atoms with Crippen molar-refractivity contribution < 1.29 is 0 Å². The molecule has 0 saturated heterocycles. The van der Waals surface area contributed by atoms with Gasteiger partial charge in [0.25, 0.3) is 0 Å². The van der Waals surface area contributed by atoms with E-state index in [0.717, 1.165) is 32.1 Å². The fourth-order valence-electron chi connectivity index (χ4n) is 10.4.